The molecule has 1 aromatic rings. The Balaban J connectivity index is 1.87. The summed E-state index contributed by atoms with van der Waals surface area (Å²) in [6.07, 6.45) is 3.33. The highest BCUT2D eigenvalue weighted by molar-refractivity contribution is 5.66. The molecule has 1 saturated heterocycles. The van der Waals surface area contributed by atoms with E-state index in [1.54, 1.807) is 7.11 Å². The monoisotopic (exact) mass is 345 g/mol. The molecule has 136 valence electrons. The summed E-state index contributed by atoms with van der Waals surface area (Å²) in [6.45, 7) is 4.56. The van der Waals surface area contributed by atoms with Crippen molar-refractivity contribution >= 4 is 11.6 Å². The third-order valence-corrected chi connectivity index (χ3v) is 4.82. The third kappa shape index (κ3) is 4.21. The Kier molecular flexibility index (Phi) is 6.08. The Morgan fingerprint density at radius 3 is 2.96 bits per heavy atom. The molecular formula is C18H27N5O2. The van der Waals surface area contributed by atoms with Crippen LogP contribution in [0.5, 0.6) is 0 Å². The molecule has 2 aliphatic heterocycles. The first kappa shape index (κ1) is 17.9. The average molecular weight is 345 g/mol. The van der Waals surface area contributed by atoms with E-state index in [2.05, 4.69) is 28.7 Å². The van der Waals surface area contributed by atoms with Crippen molar-refractivity contribution in [3.8, 4) is 6.07 Å². The van der Waals surface area contributed by atoms with Gasteiger partial charge in [-0.15, -0.1) is 0 Å². The Morgan fingerprint density at radius 2 is 2.24 bits per heavy atom. The molecule has 2 aliphatic rings. The quantitative estimate of drug-likeness (QED) is 0.726. The van der Waals surface area contributed by atoms with E-state index in [0.29, 0.717) is 24.5 Å². The largest absolute Gasteiger partial charge is 0.383 e. The maximum Gasteiger partial charge on any atom is 0.146 e. The molecule has 0 saturated carbocycles. The summed E-state index contributed by atoms with van der Waals surface area (Å²) < 4.78 is 10.8. The first-order chi connectivity index (χ1) is 12.2. The fourth-order valence-electron chi connectivity index (χ4n) is 3.45. The van der Waals surface area contributed by atoms with Crippen molar-refractivity contribution in [3.05, 3.63) is 16.7 Å². The Bertz CT molecular complexity index is 637. The highest BCUT2D eigenvalue weighted by Gasteiger charge is 2.25. The minimum Gasteiger partial charge on any atom is -0.383 e. The van der Waals surface area contributed by atoms with Crippen LogP contribution in [0.15, 0.2) is 0 Å². The van der Waals surface area contributed by atoms with Crippen LogP contribution in [-0.2, 0) is 22.4 Å². The van der Waals surface area contributed by atoms with Gasteiger partial charge in [0.15, 0.2) is 0 Å². The zero-order valence-corrected chi connectivity index (χ0v) is 15.1. The first-order valence-electron chi connectivity index (χ1n) is 8.95. The molecule has 2 N–H and O–H groups in total. The Hall–Kier alpha value is -1.88. The van der Waals surface area contributed by atoms with Crippen LogP contribution in [0.3, 0.4) is 0 Å². The molecular weight excluding hydrogens is 318 g/mol. The van der Waals surface area contributed by atoms with Gasteiger partial charge in [0.25, 0.3) is 0 Å². The van der Waals surface area contributed by atoms with Gasteiger partial charge >= 0.3 is 0 Å². The lowest BCUT2D eigenvalue weighted by Gasteiger charge is -2.29. The predicted molar refractivity (Wildman–Crippen MR) is 96.8 cm³/mol. The van der Waals surface area contributed by atoms with Crippen molar-refractivity contribution in [2.45, 2.75) is 31.9 Å². The minimum atomic E-state index is 0.249. The molecule has 0 bridgehead atoms. The maximum atomic E-state index is 9.68. The molecule has 3 rings (SSSR count). The predicted octanol–water partition coefficient (Wildman–Crippen LogP) is 1.59. The maximum absolute atomic E-state index is 9.68. The van der Waals surface area contributed by atoms with Gasteiger partial charge in [0.1, 0.15) is 17.7 Å². The van der Waals surface area contributed by atoms with Crippen LogP contribution in [0.1, 0.15) is 29.5 Å². The molecule has 0 amide bonds. The van der Waals surface area contributed by atoms with E-state index < -0.39 is 0 Å². The number of methoxy groups -OCH3 is 1. The summed E-state index contributed by atoms with van der Waals surface area (Å²) in [7, 11) is 3.77. The van der Waals surface area contributed by atoms with Crippen LogP contribution < -0.4 is 10.6 Å². The van der Waals surface area contributed by atoms with Crippen molar-refractivity contribution < 1.29 is 9.47 Å². The van der Waals surface area contributed by atoms with Crippen molar-refractivity contribution in [1.82, 2.24) is 9.88 Å². The molecule has 25 heavy (non-hydrogen) atoms. The number of fused-ring (bicyclic) bond motifs is 1. The number of nitriles is 1. The summed E-state index contributed by atoms with van der Waals surface area (Å²) in [4.78, 5) is 7.01. The van der Waals surface area contributed by atoms with Crippen LogP contribution in [0.2, 0.25) is 0 Å². The molecule has 7 nitrogen and oxygen atoms in total. The molecule has 3 heterocycles. The van der Waals surface area contributed by atoms with Gasteiger partial charge in [0, 0.05) is 45.5 Å². The Labute approximate surface area is 149 Å². The number of ether oxygens (including phenoxy) is 2. The number of anilines is 2. The van der Waals surface area contributed by atoms with E-state index in [4.69, 9.17) is 14.5 Å². The van der Waals surface area contributed by atoms with E-state index in [1.165, 1.54) is 0 Å². The SMILES string of the molecule is COCCNc1nc(NC[C@H]2CCCO2)c2c(c1C#N)CCN(C)C2. The Morgan fingerprint density at radius 1 is 1.36 bits per heavy atom. The second kappa shape index (κ2) is 8.48. The van der Waals surface area contributed by atoms with E-state index in [9.17, 15) is 5.26 Å². The van der Waals surface area contributed by atoms with E-state index in [-0.39, 0.29) is 6.10 Å². The van der Waals surface area contributed by atoms with Crippen molar-refractivity contribution in [2.24, 2.45) is 0 Å². The number of pyridine rings is 1. The van der Waals surface area contributed by atoms with Gasteiger partial charge < -0.3 is 25.0 Å². The van der Waals surface area contributed by atoms with Gasteiger partial charge in [-0.1, -0.05) is 0 Å². The second-order valence-corrected chi connectivity index (χ2v) is 6.68. The number of rotatable bonds is 7. The molecule has 1 fully saturated rings. The lowest BCUT2D eigenvalue weighted by atomic mass is 9.96. The number of likely N-dealkylation sites (N-methyl/N-ethyl adjacent to an activating group) is 1. The van der Waals surface area contributed by atoms with Crippen LogP contribution >= 0.6 is 0 Å². The summed E-state index contributed by atoms with van der Waals surface area (Å²) in [5, 5.41) is 16.4. The van der Waals surface area contributed by atoms with Gasteiger partial charge in [-0.05, 0) is 31.9 Å². The number of nitrogens with one attached hydrogen (secondary N) is 2. The van der Waals surface area contributed by atoms with Gasteiger partial charge in [-0.25, -0.2) is 4.98 Å². The highest BCUT2D eigenvalue weighted by atomic mass is 16.5. The molecule has 0 aromatic carbocycles. The first-order valence-corrected chi connectivity index (χ1v) is 8.95. The van der Waals surface area contributed by atoms with Gasteiger partial charge in [-0.2, -0.15) is 5.26 Å². The number of hydrogen-bond donors (Lipinski definition) is 2. The molecule has 0 aliphatic carbocycles. The van der Waals surface area contributed by atoms with Gasteiger partial charge in [0.2, 0.25) is 0 Å². The highest BCUT2D eigenvalue weighted by Crippen LogP contribution is 2.31. The summed E-state index contributed by atoms with van der Waals surface area (Å²) in [5.74, 6) is 1.52. The number of hydrogen-bond acceptors (Lipinski definition) is 7. The molecule has 7 heteroatoms. The summed E-state index contributed by atoms with van der Waals surface area (Å²) in [5.41, 5.74) is 2.92. The van der Waals surface area contributed by atoms with Crippen LogP contribution in [0.4, 0.5) is 11.6 Å². The zero-order chi connectivity index (χ0) is 17.6. The van der Waals surface area contributed by atoms with Crippen molar-refractivity contribution in [1.29, 1.82) is 5.26 Å². The fourth-order valence-corrected chi connectivity index (χ4v) is 3.45. The fraction of sp³-hybridized carbons (Fsp3) is 0.667. The van der Waals surface area contributed by atoms with Crippen LogP contribution in [0, 0.1) is 11.3 Å². The van der Waals surface area contributed by atoms with Crippen molar-refractivity contribution in [2.75, 3.05) is 57.6 Å². The van der Waals surface area contributed by atoms with Gasteiger partial charge in [0.05, 0.1) is 18.3 Å². The summed E-state index contributed by atoms with van der Waals surface area (Å²) >= 11 is 0. The zero-order valence-electron chi connectivity index (χ0n) is 15.1. The normalized spacial score (nSPS) is 20.1. The molecule has 1 aromatic heterocycles. The summed E-state index contributed by atoms with van der Waals surface area (Å²) in [6, 6.07) is 2.35. The molecule has 1 atom stereocenters. The second-order valence-electron chi connectivity index (χ2n) is 6.68. The standard InChI is InChI=1S/C18H27N5O2/c1-23-7-5-14-15(10-19)17(20-6-9-24-2)22-18(16(14)12-23)21-11-13-4-3-8-25-13/h13H,3-9,11-12H2,1-2H3,(H2,20,21,22)/t13-/m1/s1. The molecule has 0 spiro atoms. The van der Waals surface area contributed by atoms with E-state index >= 15 is 0 Å². The topological polar surface area (TPSA) is 82.4 Å². The molecule has 0 unspecified atom stereocenters. The number of nitrogens with zero attached hydrogens (tertiary/aromatic N) is 3. The average Bonchev–Trinajstić information content (AvgIpc) is 3.13. The molecule has 0 radical (unpaired) electrons. The smallest absolute Gasteiger partial charge is 0.146 e. The van der Waals surface area contributed by atoms with Crippen LogP contribution in [0.25, 0.3) is 0 Å². The van der Waals surface area contributed by atoms with E-state index in [1.807, 2.05) is 0 Å². The minimum absolute atomic E-state index is 0.249. The van der Waals surface area contributed by atoms with Crippen molar-refractivity contribution in [3.63, 3.8) is 0 Å². The lowest BCUT2D eigenvalue weighted by Crippen LogP contribution is -2.30. The lowest BCUT2D eigenvalue weighted by molar-refractivity contribution is 0.120. The van der Waals surface area contributed by atoms with Gasteiger partial charge in [-0.3, -0.25) is 0 Å². The number of aromatic nitrogens is 1. The van der Waals surface area contributed by atoms with E-state index in [0.717, 1.165) is 62.4 Å². The van der Waals surface area contributed by atoms with Crippen LogP contribution in [-0.4, -0.2) is 63.0 Å². The third-order valence-electron chi connectivity index (χ3n) is 4.82.